The molecule has 0 aromatic heterocycles. The third-order valence-corrected chi connectivity index (χ3v) is 4.70. The third kappa shape index (κ3) is 3.39. The average Bonchev–Trinajstić information content (AvgIpc) is 2.50. The van der Waals surface area contributed by atoms with E-state index in [1.807, 2.05) is 55.1 Å². The van der Waals surface area contributed by atoms with E-state index in [-0.39, 0.29) is 12.1 Å². The van der Waals surface area contributed by atoms with Crippen molar-refractivity contribution >= 4 is 23.5 Å². The number of thioether (sulfide) groups is 1. The van der Waals surface area contributed by atoms with Crippen molar-refractivity contribution in [2.24, 2.45) is 0 Å². The van der Waals surface area contributed by atoms with Gasteiger partial charge in [-0.1, -0.05) is 35.9 Å². The molecule has 0 radical (unpaired) electrons. The monoisotopic (exact) mass is 298 g/mol. The maximum absolute atomic E-state index is 12.1. The molecule has 1 atom stereocenters. The minimum absolute atomic E-state index is 0.0906. The molecule has 0 saturated carbocycles. The summed E-state index contributed by atoms with van der Waals surface area (Å²) in [5, 5.41) is 5.97. The summed E-state index contributed by atoms with van der Waals surface area (Å²) in [5.74, 6) is 1.03. The molecule has 0 bridgehead atoms. The molecule has 0 aliphatic carbocycles. The summed E-state index contributed by atoms with van der Waals surface area (Å²) in [6.45, 7) is 2.03. The van der Waals surface area contributed by atoms with Crippen molar-refractivity contribution in [1.29, 1.82) is 0 Å². The zero-order valence-corrected chi connectivity index (χ0v) is 12.7. The lowest BCUT2D eigenvalue weighted by atomic mass is 10.0. The van der Waals surface area contributed by atoms with Crippen LogP contribution in [-0.4, -0.2) is 11.8 Å². The van der Waals surface area contributed by atoms with Crippen LogP contribution >= 0.6 is 11.8 Å². The number of rotatable bonds is 2. The summed E-state index contributed by atoms with van der Waals surface area (Å²) in [6, 6.07) is 16.0. The highest BCUT2D eigenvalue weighted by Crippen LogP contribution is 2.35. The predicted octanol–water partition coefficient (Wildman–Crippen LogP) is 4.35. The molecular weight excluding hydrogens is 280 g/mol. The summed E-state index contributed by atoms with van der Waals surface area (Å²) in [5.41, 5.74) is 3.21. The van der Waals surface area contributed by atoms with Gasteiger partial charge in [0, 0.05) is 16.3 Å². The van der Waals surface area contributed by atoms with E-state index in [2.05, 4.69) is 22.8 Å². The van der Waals surface area contributed by atoms with E-state index in [0.717, 1.165) is 17.9 Å². The number of carbonyl (C=O) groups is 1. The number of benzene rings is 2. The van der Waals surface area contributed by atoms with E-state index in [1.54, 1.807) is 0 Å². The highest BCUT2D eigenvalue weighted by atomic mass is 32.2. The van der Waals surface area contributed by atoms with Gasteiger partial charge in [-0.3, -0.25) is 0 Å². The summed E-state index contributed by atoms with van der Waals surface area (Å²) in [4.78, 5) is 13.4. The number of urea groups is 1. The van der Waals surface area contributed by atoms with E-state index in [0.29, 0.717) is 0 Å². The van der Waals surface area contributed by atoms with E-state index >= 15 is 0 Å². The van der Waals surface area contributed by atoms with Crippen molar-refractivity contribution in [1.82, 2.24) is 5.32 Å². The smallest absolute Gasteiger partial charge is 0.319 e. The molecule has 21 heavy (non-hydrogen) atoms. The van der Waals surface area contributed by atoms with Gasteiger partial charge in [0.25, 0.3) is 0 Å². The number of amides is 2. The molecule has 0 spiro atoms. The molecule has 2 aromatic carbocycles. The van der Waals surface area contributed by atoms with Gasteiger partial charge in [0.15, 0.2) is 0 Å². The van der Waals surface area contributed by atoms with Crippen molar-refractivity contribution in [3.05, 3.63) is 59.7 Å². The van der Waals surface area contributed by atoms with Crippen LogP contribution in [0.5, 0.6) is 0 Å². The SMILES string of the molecule is Cc1ccc(NC(=O)N[C@@H]2CCSc3ccccc32)cc1. The zero-order valence-electron chi connectivity index (χ0n) is 11.9. The second kappa shape index (κ2) is 6.22. The molecule has 4 heteroatoms. The highest BCUT2D eigenvalue weighted by Gasteiger charge is 2.21. The van der Waals surface area contributed by atoms with E-state index in [4.69, 9.17) is 0 Å². The second-order valence-corrected chi connectivity index (χ2v) is 6.33. The Hall–Kier alpha value is -1.94. The number of aryl methyl sites for hydroxylation is 1. The first kappa shape index (κ1) is 14.0. The molecule has 2 aromatic rings. The predicted molar refractivity (Wildman–Crippen MR) is 87.9 cm³/mol. The largest absolute Gasteiger partial charge is 0.331 e. The molecule has 2 amide bonds. The molecule has 0 fully saturated rings. The van der Waals surface area contributed by atoms with Crippen LogP contribution in [0.4, 0.5) is 10.5 Å². The molecule has 0 unspecified atom stereocenters. The van der Waals surface area contributed by atoms with Crippen LogP contribution < -0.4 is 10.6 Å². The summed E-state index contributed by atoms with van der Waals surface area (Å²) >= 11 is 1.85. The van der Waals surface area contributed by atoms with Crippen molar-refractivity contribution in [2.75, 3.05) is 11.1 Å². The Morgan fingerprint density at radius 3 is 2.71 bits per heavy atom. The van der Waals surface area contributed by atoms with Gasteiger partial charge in [-0.25, -0.2) is 4.79 Å². The fourth-order valence-corrected chi connectivity index (χ4v) is 3.58. The lowest BCUT2D eigenvalue weighted by Crippen LogP contribution is -2.34. The summed E-state index contributed by atoms with van der Waals surface area (Å²) < 4.78 is 0. The minimum atomic E-state index is -0.148. The fourth-order valence-electron chi connectivity index (χ4n) is 2.45. The molecule has 2 N–H and O–H groups in total. The minimum Gasteiger partial charge on any atom is -0.331 e. The third-order valence-electron chi connectivity index (χ3n) is 3.57. The number of hydrogen-bond acceptors (Lipinski definition) is 2. The Morgan fingerprint density at radius 2 is 1.90 bits per heavy atom. The van der Waals surface area contributed by atoms with E-state index < -0.39 is 0 Å². The fraction of sp³-hybridized carbons (Fsp3) is 0.235. The lowest BCUT2D eigenvalue weighted by molar-refractivity contribution is 0.248. The summed E-state index contributed by atoms with van der Waals surface area (Å²) in [7, 11) is 0. The first-order chi connectivity index (χ1) is 10.2. The molecule has 0 saturated heterocycles. The Labute approximate surface area is 129 Å². The Bertz CT molecular complexity index is 639. The molecule has 3 rings (SSSR count). The van der Waals surface area contributed by atoms with Crippen LogP contribution in [0, 0.1) is 6.92 Å². The quantitative estimate of drug-likeness (QED) is 0.865. The highest BCUT2D eigenvalue weighted by molar-refractivity contribution is 7.99. The number of anilines is 1. The standard InChI is InChI=1S/C17H18N2OS/c1-12-6-8-13(9-7-12)18-17(20)19-15-10-11-21-16-5-3-2-4-14(15)16/h2-9,15H,10-11H2,1H3,(H2,18,19,20)/t15-/m1/s1. The lowest BCUT2D eigenvalue weighted by Gasteiger charge is -2.25. The Kier molecular flexibility index (Phi) is 4.15. The first-order valence-electron chi connectivity index (χ1n) is 7.08. The number of fused-ring (bicyclic) bond motifs is 1. The van der Waals surface area contributed by atoms with Gasteiger partial charge >= 0.3 is 6.03 Å². The normalized spacial score (nSPS) is 16.9. The number of hydrogen-bond donors (Lipinski definition) is 2. The van der Waals surface area contributed by atoms with Crippen molar-refractivity contribution in [2.45, 2.75) is 24.3 Å². The summed E-state index contributed by atoms with van der Waals surface area (Å²) in [6.07, 6.45) is 0.961. The van der Waals surface area contributed by atoms with Gasteiger partial charge in [0.1, 0.15) is 0 Å². The molecule has 1 aliphatic heterocycles. The average molecular weight is 298 g/mol. The van der Waals surface area contributed by atoms with Gasteiger partial charge in [0.2, 0.25) is 0 Å². The van der Waals surface area contributed by atoms with E-state index in [9.17, 15) is 4.79 Å². The van der Waals surface area contributed by atoms with Gasteiger partial charge in [0.05, 0.1) is 6.04 Å². The van der Waals surface area contributed by atoms with Crippen LogP contribution in [0.3, 0.4) is 0 Å². The van der Waals surface area contributed by atoms with Crippen LogP contribution in [0.2, 0.25) is 0 Å². The van der Waals surface area contributed by atoms with Crippen LogP contribution in [0.1, 0.15) is 23.6 Å². The topological polar surface area (TPSA) is 41.1 Å². The first-order valence-corrected chi connectivity index (χ1v) is 8.07. The van der Waals surface area contributed by atoms with Crippen molar-refractivity contribution < 1.29 is 4.79 Å². The zero-order chi connectivity index (χ0) is 14.7. The Morgan fingerprint density at radius 1 is 1.14 bits per heavy atom. The number of nitrogens with one attached hydrogen (secondary N) is 2. The van der Waals surface area contributed by atoms with Gasteiger partial charge in [-0.05, 0) is 37.1 Å². The maximum Gasteiger partial charge on any atom is 0.319 e. The molecule has 1 heterocycles. The second-order valence-electron chi connectivity index (χ2n) is 5.19. The molecule has 108 valence electrons. The van der Waals surface area contributed by atoms with Crippen LogP contribution in [0.15, 0.2) is 53.4 Å². The maximum atomic E-state index is 12.1. The molecule has 3 nitrogen and oxygen atoms in total. The number of carbonyl (C=O) groups excluding carboxylic acids is 1. The van der Waals surface area contributed by atoms with Crippen molar-refractivity contribution in [3.63, 3.8) is 0 Å². The van der Waals surface area contributed by atoms with Gasteiger partial charge < -0.3 is 10.6 Å². The molecule has 1 aliphatic rings. The van der Waals surface area contributed by atoms with Crippen LogP contribution in [0.25, 0.3) is 0 Å². The van der Waals surface area contributed by atoms with Crippen molar-refractivity contribution in [3.8, 4) is 0 Å². The van der Waals surface area contributed by atoms with E-state index in [1.165, 1.54) is 16.0 Å². The van der Waals surface area contributed by atoms with Gasteiger partial charge in [-0.15, -0.1) is 11.8 Å². The molecular formula is C17H18N2OS. The van der Waals surface area contributed by atoms with Gasteiger partial charge in [-0.2, -0.15) is 0 Å². The van der Waals surface area contributed by atoms with Crippen LogP contribution in [-0.2, 0) is 0 Å². The Balaban J connectivity index is 1.67.